The highest BCUT2D eigenvalue weighted by Crippen LogP contribution is 2.45. The maximum Gasteiger partial charge on any atom is 0.315 e. The third-order valence-corrected chi connectivity index (χ3v) is 5.01. The standard InChI is InChI=1S/C20H23NO5/c1-11-17(20(23)26-4)18(19-13(21-11)6-5-7-14(19)22)12-8-9-15(24-2)16(10-12)25-3/h8-10,17-18,21H,1,5-7H2,2-4H3. The minimum Gasteiger partial charge on any atom is -0.493 e. The van der Waals surface area contributed by atoms with Crippen molar-refractivity contribution in [2.75, 3.05) is 21.3 Å². The molecule has 2 atom stereocenters. The van der Waals surface area contributed by atoms with Gasteiger partial charge in [0.25, 0.3) is 0 Å². The van der Waals surface area contributed by atoms with Crippen molar-refractivity contribution < 1.29 is 23.8 Å². The van der Waals surface area contributed by atoms with Crippen LogP contribution in [0.25, 0.3) is 0 Å². The lowest BCUT2D eigenvalue weighted by atomic mass is 9.71. The van der Waals surface area contributed by atoms with E-state index in [4.69, 9.17) is 14.2 Å². The summed E-state index contributed by atoms with van der Waals surface area (Å²) >= 11 is 0. The van der Waals surface area contributed by atoms with Gasteiger partial charge in [0.15, 0.2) is 17.3 Å². The van der Waals surface area contributed by atoms with Gasteiger partial charge in [-0.2, -0.15) is 0 Å². The largest absolute Gasteiger partial charge is 0.493 e. The number of esters is 1. The van der Waals surface area contributed by atoms with Crippen LogP contribution in [0.3, 0.4) is 0 Å². The van der Waals surface area contributed by atoms with E-state index in [1.807, 2.05) is 12.1 Å². The number of nitrogens with one attached hydrogen (secondary N) is 1. The molecule has 0 saturated heterocycles. The molecular weight excluding hydrogens is 334 g/mol. The number of hydrogen-bond donors (Lipinski definition) is 1. The number of carbonyl (C=O) groups excluding carboxylic acids is 2. The molecule has 0 aromatic heterocycles. The monoisotopic (exact) mass is 357 g/mol. The third kappa shape index (κ3) is 2.96. The van der Waals surface area contributed by atoms with Crippen LogP contribution in [0, 0.1) is 5.92 Å². The van der Waals surface area contributed by atoms with Gasteiger partial charge in [0.2, 0.25) is 0 Å². The van der Waals surface area contributed by atoms with Gasteiger partial charge in [-0.25, -0.2) is 0 Å². The van der Waals surface area contributed by atoms with E-state index in [1.54, 1.807) is 20.3 Å². The Morgan fingerprint density at radius 2 is 1.88 bits per heavy atom. The molecule has 6 heteroatoms. The lowest BCUT2D eigenvalue weighted by molar-refractivity contribution is -0.144. The Labute approximate surface area is 152 Å². The van der Waals surface area contributed by atoms with Crippen LogP contribution in [0.15, 0.2) is 41.7 Å². The van der Waals surface area contributed by atoms with Crippen LogP contribution < -0.4 is 14.8 Å². The Morgan fingerprint density at radius 1 is 1.15 bits per heavy atom. The van der Waals surface area contributed by atoms with Gasteiger partial charge >= 0.3 is 5.97 Å². The van der Waals surface area contributed by atoms with E-state index in [1.165, 1.54) is 7.11 Å². The van der Waals surface area contributed by atoms with Gasteiger partial charge in [0.05, 0.1) is 21.3 Å². The zero-order valence-electron chi connectivity index (χ0n) is 15.3. The van der Waals surface area contributed by atoms with Crippen molar-refractivity contribution in [3.63, 3.8) is 0 Å². The lowest BCUT2D eigenvalue weighted by Gasteiger charge is -2.38. The predicted molar refractivity (Wildman–Crippen MR) is 96.0 cm³/mol. The Morgan fingerprint density at radius 3 is 2.54 bits per heavy atom. The second kappa shape index (κ2) is 7.23. The van der Waals surface area contributed by atoms with Crippen molar-refractivity contribution in [1.82, 2.24) is 5.32 Å². The topological polar surface area (TPSA) is 73.9 Å². The SMILES string of the molecule is C=C1NC2=C(C(=O)CCC2)C(c2ccc(OC)c(OC)c2)C1C(=O)OC. The average Bonchev–Trinajstić information content (AvgIpc) is 2.66. The second-order valence-corrected chi connectivity index (χ2v) is 6.41. The van der Waals surface area contributed by atoms with Crippen molar-refractivity contribution >= 4 is 11.8 Å². The fraction of sp³-hybridized carbons (Fsp3) is 0.400. The van der Waals surface area contributed by atoms with Gasteiger partial charge in [-0.15, -0.1) is 0 Å². The van der Waals surface area contributed by atoms with Crippen molar-refractivity contribution in [1.29, 1.82) is 0 Å². The molecule has 3 rings (SSSR count). The molecule has 2 aliphatic rings. The Hall–Kier alpha value is -2.76. The quantitative estimate of drug-likeness (QED) is 0.835. The molecule has 1 aromatic rings. The van der Waals surface area contributed by atoms with Crippen LogP contribution in [0.4, 0.5) is 0 Å². The van der Waals surface area contributed by atoms with Gasteiger partial charge in [-0.05, 0) is 30.5 Å². The van der Waals surface area contributed by atoms with Crippen LogP contribution in [-0.4, -0.2) is 33.1 Å². The second-order valence-electron chi connectivity index (χ2n) is 6.41. The van der Waals surface area contributed by atoms with Gasteiger partial charge in [0, 0.05) is 29.3 Å². The number of benzene rings is 1. The smallest absolute Gasteiger partial charge is 0.315 e. The molecule has 1 heterocycles. The number of ether oxygens (including phenoxy) is 3. The van der Waals surface area contributed by atoms with Crippen LogP contribution >= 0.6 is 0 Å². The first kappa shape index (κ1) is 18.0. The summed E-state index contributed by atoms with van der Waals surface area (Å²) in [6.45, 7) is 4.02. The highest BCUT2D eigenvalue weighted by atomic mass is 16.5. The van der Waals surface area contributed by atoms with Crippen molar-refractivity contribution in [2.24, 2.45) is 5.92 Å². The Bertz CT molecular complexity index is 795. The number of rotatable bonds is 4. The minimum absolute atomic E-state index is 0.0555. The average molecular weight is 357 g/mol. The van der Waals surface area contributed by atoms with E-state index in [0.717, 1.165) is 24.1 Å². The predicted octanol–water partition coefficient (Wildman–Crippen LogP) is 2.70. The molecule has 0 spiro atoms. The summed E-state index contributed by atoms with van der Waals surface area (Å²) in [5, 5.41) is 3.17. The zero-order chi connectivity index (χ0) is 18.8. The van der Waals surface area contributed by atoms with E-state index in [2.05, 4.69) is 11.9 Å². The molecule has 0 amide bonds. The fourth-order valence-electron chi connectivity index (χ4n) is 3.80. The number of Topliss-reactive ketones (excluding diaryl/α,β-unsaturated/α-hetero) is 1. The molecule has 1 aliphatic heterocycles. The van der Waals surface area contributed by atoms with Gasteiger partial charge in [-0.1, -0.05) is 12.6 Å². The normalized spacial score (nSPS) is 22.4. The first-order valence-corrected chi connectivity index (χ1v) is 8.53. The highest BCUT2D eigenvalue weighted by molar-refractivity contribution is 6.00. The molecule has 26 heavy (non-hydrogen) atoms. The summed E-state index contributed by atoms with van der Waals surface area (Å²) in [5.74, 6) is -0.379. The molecule has 138 valence electrons. The summed E-state index contributed by atoms with van der Waals surface area (Å²) < 4.78 is 15.7. The van der Waals surface area contributed by atoms with Crippen molar-refractivity contribution in [2.45, 2.75) is 25.2 Å². The summed E-state index contributed by atoms with van der Waals surface area (Å²) in [5.41, 5.74) is 2.84. The van der Waals surface area contributed by atoms with Crippen LogP contribution in [-0.2, 0) is 14.3 Å². The van der Waals surface area contributed by atoms with Crippen molar-refractivity contribution in [3.8, 4) is 11.5 Å². The molecule has 1 aromatic carbocycles. The maximum absolute atomic E-state index is 12.7. The molecule has 0 radical (unpaired) electrons. The van der Waals surface area contributed by atoms with Crippen LogP contribution in [0.1, 0.15) is 30.7 Å². The number of allylic oxidation sites excluding steroid dienone is 2. The molecule has 1 aliphatic carbocycles. The molecule has 0 fully saturated rings. The first-order valence-electron chi connectivity index (χ1n) is 8.53. The number of methoxy groups -OCH3 is 3. The highest BCUT2D eigenvalue weighted by Gasteiger charge is 2.43. The third-order valence-electron chi connectivity index (χ3n) is 5.01. The van der Waals surface area contributed by atoms with Gasteiger partial charge in [0.1, 0.15) is 5.92 Å². The molecule has 0 saturated carbocycles. The van der Waals surface area contributed by atoms with E-state index in [-0.39, 0.29) is 5.78 Å². The number of carbonyl (C=O) groups is 2. The van der Waals surface area contributed by atoms with E-state index in [0.29, 0.717) is 29.2 Å². The summed E-state index contributed by atoms with van der Waals surface area (Å²) in [6.07, 6.45) is 2.03. The maximum atomic E-state index is 12.7. The number of hydrogen-bond acceptors (Lipinski definition) is 6. The molecule has 1 N–H and O–H groups in total. The first-order chi connectivity index (χ1) is 12.5. The van der Waals surface area contributed by atoms with E-state index >= 15 is 0 Å². The van der Waals surface area contributed by atoms with Gasteiger partial charge < -0.3 is 19.5 Å². The molecule has 2 unspecified atom stereocenters. The van der Waals surface area contributed by atoms with Crippen molar-refractivity contribution in [3.05, 3.63) is 47.3 Å². The molecule has 6 nitrogen and oxygen atoms in total. The van der Waals surface area contributed by atoms with Gasteiger partial charge in [-0.3, -0.25) is 9.59 Å². The summed E-state index contributed by atoms with van der Waals surface area (Å²) in [6, 6.07) is 5.44. The summed E-state index contributed by atoms with van der Waals surface area (Å²) in [4.78, 5) is 25.2. The number of ketones is 1. The van der Waals surface area contributed by atoms with Crippen LogP contribution in [0.5, 0.6) is 11.5 Å². The molecular formula is C20H23NO5. The minimum atomic E-state index is -0.682. The van der Waals surface area contributed by atoms with Crippen LogP contribution in [0.2, 0.25) is 0 Å². The summed E-state index contributed by atoms with van der Waals surface area (Å²) in [7, 11) is 4.46. The zero-order valence-corrected chi connectivity index (χ0v) is 15.3. The van der Waals surface area contributed by atoms with E-state index < -0.39 is 17.8 Å². The Balaban J connectivity index is 2.18. The molecule has 0 bridgehead atoms. The Kier molecular flexibility index (Phi) is 5.02. The lowest BCUT2D eigenvalue weighted by Crippen LogP contribution is -2.40. The fourth-order valence-corrected chi connectivity index (χ4v) is 3.80. The van der Waals surface area contributed by atoms with E-state index in [9.17, 15) is 9.59 Å².